The van der Waals surface area contributed by atoms with Crippen molar-refractivity contribution in [2.75, 3.05) is 13.7 Å². The van der Waals surface area contributed by atoms with E-state index in [4.69, 9.17) is 27.9 Å². The number of aliphatic hydroxyl groups excluding tert-OH is 1. The Hall–Kier alpha value is -2.08. The van der Waals surface area contributed by atoms with Crippen LogP contribution < -0.4 is 0 Å². The fraction of sp³-hybridized carbons (Fsp3) is 0.440. The van der Waals surface area contributed by atoms with Crippen LogP contribution in [0.3, 0.4) is 0 Å². The Labute approximate surface area is 199 Å². The van der Waals surface area contributed by atoms with Crippen LogP contribution in [0.4, 0.5) is 0 Å². The Bertz CT molecular complexity index is 945. The molecule has 1 amide bonds. The van der Waals surface area contributed by atoms with Gasteiger partial charge in [0.05, 0.1) is 37.6 Å². The van der Waals surface area contributed by atoms with Crippen LogP contribution in [0, 0.1) is 11.8 Å². The van der Waals surface area contributed by atoms with Crippen molar-refractivity contribution in [3.8, 4) is 0 Å². The van der Waals surface area contributed by atoms with Gasteiger partial charge in [-0.25, -0.2) is 0 Å². The Morgan fingerprint density at radius 2 is 1.84 bits per heavy atom. The molecule has 32 heavy (non-hydrogen) atoms. The quantitative estimate of drug-likeness (QED) is 0.553. The first-order valence-corrected chi connectivity index (χ1v) is 11.6. The predicted molar refractivity (Wildman–Crippen MR) is 126 cm³/mol. The van der Waals surface area contributed by atoms with E-state index in [2.05, 4.69) is 0 Å². The number of aliphatic hydroxyl groups is 1. The van der Waals surface area contributed by atoms with E-state index >= 15 is 0 Å². The van der Waals surface area contributed by atoms with Gasteiger partial charge >= 0.3 is 5.97 Å². The Morgan fingerprint density at radius 1 is 1.16 bits per heavy atom. The van der Waals surface area contributed by atoms with Crippen molar-refractivity contribution in [2.45, 2.75) is 44.7 Å². The number of methoxy groups -OCH3 is 1. The molecule has 5 nitrogen and oxygen atoms in total. The Kier molecular flexibility index (Phi) is 8.21. The van der Waals surface area contributed by atoms with Gasteiger partial charge in [-0.2, -0.15) is 0 Å². The molecule has 172 valence electrons. The summed E-state index contributed by atoms with van der Waals surface area (Å²) in [5, 5.41) is 11.4. The molecular weight excluding hydrogens is 449 g/mol. The maximum absolute atomic E-state index is 13.8. The van der Waals surface area contributed by atoms with E-state index in [1.165, 1.54) is 7.11 Å². The second-order valence-electron chi connectivity index (χ2n) is 8.30. The van der Waals surface area contributed by atoms with Crippen molar-refractivity contribution in [1.29, 1.82) is 0 Å². The van der Waals surface area contributed by atoms with Gasteiger partial charge in [0.15, 0.2) is 0 Å². The maximum Gasteiger partial charge on any atom is 0.309 e. The molecule has 0 saturated carbocycles. The molecule has 3 rings (SSSR count). The molecule has 1 saturated heterocycles. The summed E-state index contributed by atoms with van der Waals surface area (Å²) in [6.07, 6.45) is 1.04. The molecule has 0 radical (unpaired) electrons. The number of likely N-dealkylation sites (tertiary alicyclic amines) is 1. The number of piperidine rings is 1. The molecule has 0 aliphatic carbocycles. The third-order valence-corrected chi connectivity index (χ3v) is 6.99. The van der Waals surface area contributed by atoms with E-state index in [1.807, 2.05) is 43.3 Å². The molecule has 2 aromatic carbocycles. The van der Waals surface area contributed by atoms with Gasteiger partial charge in [-0.15, -0.1) is 0 Å². The number of ether oxygens (including phenoxy) is 1. The van der Waals surface area contributed by atoms with E-state index in [0.717, 1.165) is 11.1 Å². The second-order valence-corrected chi connectivity index (χ2v) is 9.17. The molecule has 0 aromatic heterocycles. The molecular formula is C25H29Cl2NO4. The average Bonchev–Trinajstić information content (AvgIpc) is 2.80. The van der Waals surface area contributed by atoms with E-state index in [-0.39, 0.29) is 24.5 Å². The molecule has 2 aromatic rings. The number of esters is 1. The number of amides is 1. The number of nitrogens with zero attached hydrogens (tertiary/aromatic N) is 1. The summed E-state index contributed by atoms with van der Waals surface area (Å²) in [4.78, 5) is 27.9. The van der Waals surface area contributed by atoms with Crippen molar-refractivity contribution in [3.63, 3.8) is 0 Å². The van der Waals surface area contributed by atoms with Crippen molar-refractivity contribution in [3.05, 3.63) is 69.7 Å². The van der Waals surface area contributed by atoms with Crippen molar-refractivity contribution >= 4 is 35.1 Å². The molecule has 7 heteroatoms. The lowest BCUT2D eigenvalue weighted by Gasteiger charge is -2.49. The highest BCUT2D eigenvalue weighted by atomic mass is 35.5. The third-order valence-electron chi connectivity index (χ3n) is 6.50. The minimum Gasteiger partial charge on any atom is -0.469 e. The number of carbonyl (C=O) groups is 2. The molecule has 0 spiro atoms. The smallest absolute Gasteiger partial charge is 0.309 e. The van der Waals surface area contributed by atoms with Gasteiger partial charge in [0.25, 0.3) is 0 Å². The lowest BCUT2D eigenvalue weighted by molar-refractivity contribution is -0.159. The first kappa shape index (κ1) is 24.6. The van der Waals surface area contributed by atoms with Crippen molar-refractivity contribution < 1.29 is 19.4 Å². The van der Waals surface area contributed by atoms with E-state index in [0.29, 0.717) is 22.9 Å². The molecule has 1 fully saturated rings. The van der Waals surface area contributed by atoms with Gasteiger partial charge < -0.3 is 14.7 Å². The summed E-state index contributed by atoms with van der Waals surface area (Å²) in [5.74, 6) is -1.89. The SMILES string of the molecule is CC[C@@H](CO)N1C(=O)[C@H](C(C)C(=O)OC)C[C@H](c2cccc(Cl)c2)[C@H]1c1ccc(Cl)cc1. The van der Waals surface area contributed by atoms with Crippen LogP contribution >= 0.6 is 23.2 Å². The topological polar surface area (TPSA) is 66.8 Å². The third kappa shape index (κ3) is 4.95. The summed E-state index contributed by atoms with van der Waals surface area (Å²) < 4.78 is 4.95. The van der Waals surface area contributed by atoms with Crippen LogP contribution in [0.15, 0.2) is 48.5 Å². The Balaban J connectivity index is 2.19. The van der Waals surface area contributed by atoms with Gasteiger partial charge in [0, 0.05) is 16.0 Å². The lowest BCUT2D eigenvalue weighted by atomic mass is 9.71. The number of benzene rings is 2. The first-order chi connectivity index (χ1) is 15.3. The molecule has 1 unspecified atom stereocenters. The van der Waals surface area contributed by atoms with Gasteiger partial charge in [0.1, 0.15) is 0 Å². The number of carbonyl (C=O) groups excluding carboxylic acids is 2. The summed E-state index contributed by atoms with van der Waals surface area (Å²) in [5.41, 5.74) is 1.90. The lowest BCUT2D eigenvalue weighted by Crippen LogP contribution is -2.54. The molecule has 0 bridgehead atoms. The van der Waals surface area contributed by atoms with Crippen LogP contribution in [0.25, 0.3) is 0 Å². The average molecular weight is 478 g/mol. The van der Waals surface area contributed by atoms with Crippen molar-refractivity contribution in [1.82, 2.24) is 4.90 Å². The standard InChI is InChI=1S/C25H29Cl2NO4/c1-4-20(14-29)28-23(16-8-10-18(26)11-9-16)22(17-6-5-7-19(27)12-17)13-21(24(28)30)15(2)25(31)32-3/h5-12,15,20-23,29H,4,13-14H2,1-3H3/t15?,20-,21-,22+,23+/m0/s1. The molecule has 5 atom stereocenters. The first-order valence-electron chi connectivity index (χ1n) is 10.8. The molecule has 1 N–H and O–H groups in total. The molecule has 1 heterocycles. The minimum absolute atomic E-state index is 0.134. The van der Waals surface area contributed by atoms with Crippen LogP contribution in [0.5, 0.6) is 0 Å². The zero-order chi connectivity index (χ0) is 23.4. The Morgan fingerprint density at radius 3 is 2.41 bits per heavy atom. The monoisotopic (exact) mass is 477 g/mol. The highest BCUT2D eigenvalue weighted by Crippen LogP contribution is 2.48. The molecule has 1 aliphatic heterocycles. The normalized spacial score (nSPS) is 23.0. The van der Waals surface area contributed by atoms with Crippen LogP contribution in [0.2, 0.25) is 10.0 Å². The maximum atomic E-state index is 13.8. The minimum atomic E-state index is -0.612. The highest BCUT2D eigenvalue weighted by Gasteiger charge is 2.48. The van der Waals surface area contributed by atoms with Gasteiger partial charge in [-0.3, -0.25) is 9.59 Å². The summed E-state index contributed by atoms with van der Waals surface area (Å²) in [6.45, 7) is 3.49. The summed E-state index contributed by atoms with van der Waals surface area (Å²) in [7, 11) is 1.33. The van der Waals surface area contributed by atoms with Crippen LogP contribution in [-0.4, -0.2) is 41.6 Å². The largest absolute Gasteiger partial charge is 0.469 e. The highest BCUT2D eigenvalue weighted by molar-refractivity contribution is 6.30. The zero-order valence-electron chi connectivity index (χ0n) is 18.5. The van der Waals surface area contributed by atoms with E-state index in [1.54, 1.807) is 24.0 Å². The predicted octanol–water partition coefficient (Wildman–Crippen LogP) is 5.25. The zero-order valence-corrected chi connectivity index (χ0v) is 20.0. The van der Waals surface area contributed by atoms with Gasteiger partial charge in [-0.05, 0) is 48.2 Å². The molecule has 1 aliphatic rings. The fourth-order valence-electron chi connectivity index (χ4n) is 4.72. The van der Waals surface area contributed by atoms with Crippen LogP contribution in [0.1, 0.15) is 49.8 Å². The van der Waals surface area contributed by atoms with E-state index in [9.17, 15) is 14.7 Å². The number of halogens is 2. The second kappa shape index (κ2) is 10.7. The van der Waals surface area contributed by atoms with Crippen LogP contribution in [-0.2, 0) is 14.3 Å². The van der Waals surface area contributed by atoms with Gasteiger partial charge in [0.2, 0.25) is 5.91 Å². The van der Waals surface area contributed by atoms with E-state index < -0.39 is 23.8 Å². The number of hydrogen-bond acceptors (Lipinski definition) is 4. The summed E-state index contributed by atoms with van der Waals surface area (Å²) in [6, 6.07) is 14.3. The number of hydrogen-bond donors (Lipinski definition) is 1. The fourth-order valence-corrected chi connectivity index (χ4v) is 5.05. The van der Waals surface area contributed by atoms with Crippen molar-refractivity contribution in [2.24, 2.45) is 11.8 Å². The summed E-state index contributed by atoms with van der Waals surface area (Å²) >= 11 is 12.5. The number of rotatable bonds is 7. The van der Waals surface area contributed by atoms with Gasteiger partial charge in [-0.1, -0.05) is 61.3 Å².